The Bertz CT molecular complexity index is 1120. The summed E-state index contributed by atoms with van der Waals surface area (Å²) in [6, 6.07) is 0. The van der Waals surface area contributed by atoms with Crippen LogP contribution in [0.4, 0.5) is 65.9 Å². The normalized spacial score (nSPS) is 11.3. The third-order valence-corrected chi connectivity index (χ3v) is 6.75. The molecule has 3 rings (SSSR count). The SMILES string of the molecule is Fc1c(F)c(F)c(P(c2c(F)c(F)c(F)c(F)c2F)c2c(F)c(F)c(F)c(F)c2F)c(F)c1F.[Ni]. The second kappa shape index (κ2) is 9.89. The molecule has 0 aliphatic carbocycles. The average molecular weight is 591 g/mol. The second-order valence-corrected chi connectivity index (χ2v) is 8.10. The van der Waals surface area contributed by atoms with Gasteiger partial charge in [-0.3, -0.25) is 0 Å². The third-order valence-electron chi connectivity index (χ3n) is 4.23. The summed E-state index contributed by atoms with van der Waals surface area (Å²) in [4.78, 5) is 0. The van der Waals surface area contributed by atoms with Crippen molar-refractivity contribution in [3.05, 3.63) is 87.3 Å². The van der Waals surface area contributed by atoms with Gasteiger partial charge in [0.15, 0.2) is 69.8 Å². The maximum Gasteiger partial charge on any atom is 0.200 e. The van der Waals surface area contributed by atoms with Crippen LogP contribution in [0.2, 0.25) is 0 Å². The van der Waals surface area contributed by atoms with E-state index in [4.69, 9.17) is 0 Å². The van der Waals surface area contributed by atoms with Gasteiger partial charge in [0.1, 0.15) is 0 Å². The Hall–Kier alpha value is -2.47. The minimum absolute atomic E-state index is 0. The molecule has 0 aromatic heterocycles. The molecule has 0 aliphatic heterocycles. The molecule has 17 heteroatoms. The fraction of sp³-hybridized carbons (Fsp3) is 0. The predicted octanol–water partition coefficient (Wildman–Crippen LogP) is 5.53. The number of benzene rings is 3. The predicted molar refractivity (Wildman–Crippen MR) is 84.5 cm³/mol. The van der Waals surface area contributed by atoms with Crippen molar-refractivity contribution in [2.45, 2.75) is 0 Å². The summed E-state index contributed by atoms with van der Waals surface area (Å²) in [5.41, 5.74) is 0. The fourth-order valence-corrected chi connectivity index (χ4v) is 5.14. The Morgan fingerprint density at radius 1 is 0.229 bits per heavy atom. The second-order valence-electron chi connectivity index (χ2n) is 6.09. The van der Waals surface area contributed by atoms with E-state index in [0.717, 1.165) is 0 Å². The molecular formula is C18F15NiP. The topological polar surface area (TPSA) is 0 Å². The number of halogens is 15. The molecule has 0 atom stereocenters. The van der Waals surface area contributed by atoms with Gasteiger partial charge in [-0.2, -0.15) is 0 Å². The van der Waals surface area contributed by atoms with Crippen LogP contribution >= 0.6 is 7.92 Å². The first-order valence-corrected chi connectivity index (χ1v) is 9.35. The zero-order valence-electron chi connectivity index (χ0n) is 15.4. The van der Waals surface area contributed by atoms with Gasteiger partial charge in [0.25, 0.3) is 0 Å². The fourth-order valence-electron chi connectivity index (χ4n) is 2.70. The van der Waals surface area contributed by atoms with Gasteiger partial charge in [0.2, 0.25) is 17.5 Å². The van der Waals surface area contributed by atoms with E-state index in [0.29, 0.717) is 0 Å². The zero-order chi connectivity index (χ0) is 26.0. The van der Waals surface area contributed by atoms with Crippen LogP contribution in [-0.4, -0.2) is 0 Å². The van der Waals surface area contributed by atoms with Crippen LogP contribution in [0.5, 0.6) is 0 Å². The van der Waals surface area contributed by atoms with Crippen molar-refractivity contribution in [2.75, 3.05) is 0 Å². The van der Waals surface area contributed by atoms with Crippen molar-refractivity contribution in [3.8, 4) is 0 Å². The Kier molecular flexibility index (Phi) is 8.13. The summed E-state index contributed by atoms with van der Waals surface area (Å²) >= 11 is 0. The summed E-state index contributed by atoms with van der Waals surface area (Å²) in [5.74, 6) is -44.9. The monoisotopic (exact) mass is 590 g/mol. The van der Waals surface area contributed by atoms with Crippen LogP contribution in [-0.2, 0) is 16.5 Å². The first kappa shape index (κ1) is 28.8. The molecule has 0 nitrogen and oxygen atoms in total. The molecule has 0 amide bonds. The van der Waals surface area contributed by atoms with Crippen molar-refractivity contribution in [1.82, 2.24) is 0 Å². The van der Waals surface area contributed by atoms with Gasteiger partial charge in [0, 0.05) is 24.4 Å². The Morgan fingerprint density at radius 3 is 0.486 bits per heavy atom. The van der Waals surface area contributed by atoms with Gasteiger partial charge in [0.05, 0.1) is 15.9 Å². The quantitative estimate of drug-likeness (QED) is 0.124. The van der Waals surface area contributed by atoms with Gasteiger partial charge in [-0.05, 0) is 0 Å². The van der Waals surface area contributed by atoms with Gasteiger partial charge >= 0.3 is 0 Å². The van der Waals surface area contributed by atoms with E-state index in [-0.39, 0.29) is 16.5 Å². The minimum Gasteiger partial charge on any atom is -0.203 e. The maximum absolute atomic E-state index is 14.4. The van der Waals surface area contributed by atoms with Crippen molar-refractivity contribution in [2.24, 2.45) is 0 Å². The molecule has 3 aromatic rings. The van der Waals surface area contributed by atoms with E-state index in [1.165, 1.54) is 0 Å². The Morgan fingerprint density at radius 2 is 0.343 bits per heavy atom. The molecule has 0 saturated carbocycles. The first-order valence-electron chi connectivity index (χ1n) is 8.01. The van der Waals surface area contributed by atoms with Crippen molar-refractivity contribution >= 4 is 23.8 Å². The van der Waals surface area contributed by atoms with Gasteiger partial charge in [-0.1, -0.05) is 0 Å². The average Bonchev–Trinajstić information content (AvgIpc) is 2.81. The molecule has 0 radical (unpaired) electrons. The molecule has 3 aromatic carbocycles. The van der Waals surface area contributed by atoms with E-state index >= 15 is 0 Å². The molecule has 192 valence electrons. The third kappa shape index (κ3) is 4.14. The number of rotatable bonds is 3. The van der Waals surface area contributed by atoms with Crippen molar-refractivity contribution < 1.29 is 82.3 Å². The number of hydrogen-bond donors (Lipinski definition) is 0. The van der Waals surface area contributed by atoms with Gasteiger partial charge in [-0.25, -0.2) is 65.9 Å². The zero-order valence-corrected chi connectivity index (χ0v) is 17.3. The summed E-state index contributed by atoms with van der Waals surface area (Å²) in [5, 5.41) is -7.84. The molecular weight excluding hydrogens is 591 g/mol. The van der Waals surface area contributed by atoms with E-state index < -0.39 is 111 Å². The Balaban J connectivity index is 0.00000432. The van der Waals surface area contributed by atoms with E-state index in [9.17, 15) is 65.9 Å². The molecule has 0 bridgehead atoms. The van der Waals surface area contributed by atoms with Crippen LogP contribution in [0.25, 0.3) is 0 Å². The largest absolute Gasteiger partial charge is 0.203 e. The van der Waals surface area contributed by atoms with E-state index in [1.54, 1.807) is 0 Å². The molecule has 0 N–H and O–H groups in total. The Labute approximate surface area is 194 Å². The van der Waals surface area contributed by atoms with Crippen molar-refractivity contribution in [3.63, 3.8) is 0 Å². The maximum atomic E-state index is 14.4. The number of hydrogen-bond acceptors (Lipinski definition) is 0. The molecule has 0 saturated heterocycles. The first-order chi connectivity index (χ1) is 15.7. The van der Waals surface area contributed by atoms with Crippen LogP contribution in [0.1, 0.15) is 0 Å². The molecule has 0 aliphatic rings. The summed E-state index contributed by atoms with van der Waals surface area (Å²) < 4.78 is 209. The molecule has 0 spiro atoms. The van der Waals surface area contributed by atoms with Gasteiger partial charge < -0.3 is 0 Å². The van der Waals surface area contributed by atoms with Crippen LogP contribution in [0, 0.1) is 87.3 Å². The molecule has 0 fully saturated rings. The smallest absolute Gasteiger partial charge is 0.200 e. The van der Waals surface area contributed by atoms with Crippen LogP contribution in [0.3, 0.4) is 0 Å². The minimum atomic E-state index is -4.90. The molecule has 35 heavy (non-hydrogen) atoms. The molecule has 0 unspecified atom stereocenters. The van der Waals surface area contributed by atoms with E-state index in [2.05, 4.69) is 0 Å². The summed E-state index contributed by atoms with van der Waals surface area (Å²) in [7, 11) is -4.90. The molecule has 0 heterocycles. The van der Waals surface area contributed by atoms with Gasteiger partial charge in [-0.15, -0.1) is 0 Å². The van der Waals surface area contributed by atoms with E-state index in [1.807, 2.05) is 0 Å². The van der Waals surface area contributed by atoms with Crippen molar-refractivity contribution in [1.29, 1.82) is 0 Å². The standard InChI is InChI=1S/C18F15P.Ni/c19-1-4(22)10(28)16(11(29)5(1)23)34(17-12(30)6(24)2(20)7(25)13(17)31)18-14(32)8(26)3(21)9(27)15(18)33;. The van der Waals surface area contributed by atoms with Crippen LogP contribution < -0.4 is 15.9 Å². The van der Waals surface area contributed by atoms with Crippen LogP contribution in [0.15, 0.2) is 0 Å². The summed E-state index contributed by atoms with van der Waals surface area (Å²) in [6.45, 7) is 0. The summed E-state index contributed by atoms with van der Waals surface area (Å²) in [6.07, 6.45) is 0.